The second-order valence-corrected chi connectivity index (χ2v) is 8.97. The lowest BCUT2D eigenvalue weighted by Gasteiger charge is -2.33. The van der Waals surface area contributed by atoms with Crippen LogP contribution in [0, 0.1) is 0 Å². The van der Waals surface area contributed by atoms with Gasteiger partial charge in [0.2, 0.25) is 0 Å². The lowest BCUT2D eigenvalue weighted by atomic mass is 10.0. The zero-order valence-electron chi connectivity index (χ0n) is 19.1. The van der Waals surface area contributed by atoms with E-state index in [0.29, 0.717) is 42.9 Å². The second-order valence-electron chi connectivity index (χ2n) is 8.97. The number of likely N-dealkylation sites (tertiary alicyclic amines) is 1. The Morgan fingerprint density at radius 2 is 1.85 bits per heavy atom. The van der Waals surface area contributed by atoms with Crippen molar-refractivity contribution in [2.75, 3.05) is 13.1 Å². The van der Waals surface area contributed by atoms with Gasteiger partial charge in [0.15, 0.2) is 5.69 Å². The minimum absolute atomic E-state index is 0.0102. The number of piperidine rings is 1. The van der Waals surface area contributed by atoms with E-state index in [-0.39, 0.29) is 17.8 Å². The van der Waals surface area contributed by atoms with Gasteiger partial charge >= 0.3 is 12.1 Å². The number of nitrogens with zero attached hydrogens (tertiary/aromatic N) is 7. The number of pyridine rings is 1. The molecule has 0 atom stereocenters. The van der Waals surface area contributed by atoms with E-state index >= 15 is 0 Å². The van der Waals surface area contributed by atoms with Crippen molar-refractivity contribution in [2.24, 2.45) is 0 Å². The summed E-state index contributed by atoms with van der Waals surface area (Å²) in [6.45, 7) is 6.56. The van der Waals surface area contributed by atoms with Crippen molar-refractivity contribution >= 4 is 12.1 Å². The number of carboxylic acid groups (broad SMARTS) is 1. The smallest absolute Gasteiger partial charge is 0.410 e. The largest absolute Gasteiger partial charge is 0.476 e. The lowest BCUT2D eigenvalue weighted by molar-refractivity contribution is 0.0184. The van der Waals surface area contributed by atoms with Crippen molar-refractivity contribution in [3.8, 4) is 16.9 Å². The molecule has 0 bridgehead atoms. The summed E-state index contributed by atoms with van der Waals surface area (Å²) in [5, 5.41) is 21.4. The maximum Gasteiger partial charge on any atom is 0.410 e. The zero-order valence-corrected chi connectivity index (χ0v) is 19.1. The summed E-state index contributed by atoms with van der Waals surface area (Å²) >= 11 is 0. The van der Waals surface area contributed by atoms with Crippen LogP contribution in [0.25, 0.3) is 16.9 Å². The summed E-state index contributed by atoms with van der Waals surface area (Å²) in [6, 6.07) is 3.99. The first-order valence-corrected chi connectivity index (χ1v) is 10.8. The molecule has 0 spiro atoms. The van der Waals surface area contributed by atoms with E-state index in [1.54, 1.807) is 28.0 Å². The Morgan fingerprint density at radius 3 is 2.53 bits per heavy atom. The maximum atomic E-state index is 12.4. The Bertz CT molecular complexity index is 1270. The van der Waals surface area contributed by atoms with Crippen LogP contribution < -0.4 is 5.56 Å². The number of ether oxygens (including phenoxy) is 1. The van der Waals surface area contributed by atoms with E-state index in [0.717, 1.165) is 16.8 Å². The molecule has 1 fully saturated rings. The molecule has 1 aliphatic rings. The first-order chi connectivity index (χ1) is 16.1. The van der Waals surface area contributed by atoms with Gasteiger partial charge in [-0.25, -0.2) is 14.3 Å². The molecule has 1 amide bonds. The number of amides is 1. The van der Waals surface area contributed by atoms with Crippen LogP contribution in [0.3, 0.4) is 0 Å². The van der Waals surface area contributed by atoms with Gasteiger partial charge in [0.1, 0.15) is 5.60 Å². The third-order valence-corrected chi connectivity index (χ3v) is 5.32. The second kappa shape index (κ2) is 9.04. The number of hydrogen-bond donors (Lipinski definition) is 1. The van der Waals surface area contributed by atoms with Crippen LogP contribution in [0.1, 0.15) is 50.1 Å². The van der Waals surface area contributed by atoms with Crippen molar-refractivity contribution in [3.05, 3.63) is 52.8 Å². The molecule has 1 N–H and O–H groups in total. The van der Waals surface area contributed by atoms with Crippen LogP contribution in [-0.2, 0) is 4.74 Å². The molecule has 0 aromatic carbocycles. The molecular weight excluding hydrogens is 442 g/mol. The molecule has 1 aliphatic heterocycles. The van der Waals surface area contributed by atoms with E-state index in [4.69, 9.17) is 4.74 Å². The quantitative estimate of drug-likeness (QED) is 0.610. The number of hydrogen-bond acceptors (Lipinski definition) is 8. The van der Waals surface area contributed by atoms with Crippen LogP contribution in [0.2, 0.25) is 0 Å². The highest BCUT2D eigenvalue weighted by Gasteiger charge is 2.29. The SMILES string of the molecule is CC(C)(C)OC(=O)N1CCC(n2nncc2-c2cncc(-n3nc(C(=O)O)ccc3=O)c2)CC1. The Balaban J connectivity index is 1.55. The number of rotatable bonds is 4. The van der Waals surface area contributed by atoms with Crippen molar-refractivity contribution in [1.29, 1.82) is 0 Å². The van der Waals surface area contributed by atoms with E-state index < -0.39 is 17.1 Å². The highest BCUT2D eigenvalue weighted by atomic mass is 16.6. The third kappa shape index (κ3) is 4.95. The molecule has 1 saturated heterocycles. The predicted octanol–water partition coefficient (Wildman–Crippen LogP) is 2.16. The third-order valence-electron chi connectivity index (χ3n) is 5.32. The predicted molar refractivity (Wildman–Crippen MR) is 120 cm³/mol. The number of aromatic carboxylic acids is 1. The van der Waals surface area contributed by atoms with E-state index in [1.165, 1.54) is 6.20 Å². The summed E-state index contributed by atoms with van der Waals surface area (Å²) in [5.41, 5.74) is 0.363. The monoisotopic (exact) mass is 467 g/mol. The normalized spacial score (nSPS) is 14.7. The van der Waals surface area contributed by atoms with Gasteiger partial charge in [-0.2, -0.15) is 9.78 Å². The first kappa shape index (κ1) is 23.1. The Kier molecular flexibility index (Phi) is 6.14. The average molecular weight is 467 g/mol. The van der Waals surface area contributed by atoms with Gasteiger partial charge in [-0.05, 0) is 45.7 Å². The topological polar surface area (TPSA) is 145 Å². The van der Waals surface area contributed by atoms with Gasteiger partial charge in [0, 0.05) is 30.9 Å². The van der Waals surface area contributed by atoms with Gasteiger partial charge in [-0.1, -0.05) is 5.21 Å². The van der Waals surface area contributed by atoms with Gasteiger partial charge in [-0.15, -0.1) is 5.10 Å². The summed E-state index contributed by atoms with van der Waals surface area (Å²) in [6.07, 6.45) is 5.65. The molecule has 0 saturated carbocycles. The Morgan fingerprint density at radius 1 is 1.12 bits per heavy atom. The van der Waals surface area contributed by atoms with Gasteiger partial charge in [0.25, 0.3) is 5.56 Å². The molecule has 12 heteroatoms. The Labute approximate surface area is 194 Å². The summed E-state index contributed by atoms with van der Waals surface area (Å²) in [5.74, 6) is -1.24. The van der Waals surface area contributed by atoms with E-state index in [1.807, 2.05) is 20.8 Å². The molecule has 0 aliphatic carbocycles. The van der Waals surface area contributed by atoms with Crippen LogP contribution in [0.5, 0.6) is 0 Å². The van der Waals surface area contributed by atoms with Crippen molar-refractivity contribution < 1.29 is 19.4 Å². The fourth-order valence-corrected chi connectivity index (χ4v) is 3.73. The van der Waals surface area contributed by atoms with Gasteiger partial charge < -0.3 is 14.7 Å². The number of carbonyl (C=O) groups is 2. The highest BCUT2D eigenvalue weighted by molar-refractivity contribution is 5.85. The molecule has 178 valence electrons. The number of carbonyl (C=O) groups excluding carboxylic acids is 1. The first-order valence-electron chi connectivity index (χ1n) is 10.8. The van der Waals surface area contributed by atoms with Crippen molar-refractivity contribution in [2.45, 2.75) is 45.3 Å². The summed E-state index contributed by atoms with van der Waals surface area (Å²) in [7, 11) is 0. The number of carboxylic acids is 1. The summed E-state index contributed by atoms with van der Waals surface area (Å²) < 4.78 is 8.24. The zero-order chi connectivity index (χ0) is 24.5. The molecular formula is C22H25N7O5. The van der Waals surface area contributed by atoms with Crippen molar-refractivity contribution in [1.82, 2.24) is 34.7 Å². The maximum absolute atomic E-state index is 12.4. The van der Waals surface area contributed by atoms with Gasteiger partial charge in [0.05, 0.1) is 29.8 Å². The average Bonchev–Trinajstić information content (AvgIpc) is 3.28. The van der Waals surface area contributed by atoms with Crippen LogP contribution >= 0.6 is 0 Å². The van der Waals surface area contributed by atoms with Crippen LogP contribution in [-0.4, -0.2) is 70.5 Å². The fourth-order valence-electron chi connectivity index (χ4n) is 3.73. The Hall–Kier alpha value is -4.09. The van der Waals surface area contributed by atoms with E-state index in [2.05, 4.69) is 20.4 Å². The molecule has 3 aromatic rings. The standard InChI is InChI=1S/C22H25N7O5/c1-22(2,3)34-21(33)27-8-6-15(7-9-27)28-18(13-24-26-28)14-10-16(12-23-11-14)29-19(30)5-4-17(25-29)20(31)32/h4-5,10-13,15H,6-9H2,1-3H3,(H,31,32). The number of aromatic nitrogens is 6. The highest BCUT2D eigenvalue weighted by Crippen LogP contribution is 2.28. The molecule has 3 aromatic heterocycles. The van der Waals surface area contributed by atoms with Crippen molar-refractivity contribution in [3.63, 3.8) is 0 Å². The molecule has 4 heterocycles. The molecule has 0 radical (unpaired) electrons. The minimum atomic E-state index is -1.24. The molecule has 34 heavy (non-hydrogen) atoms. The minimum Gasteiger partial charge on any atom is -0.476 e. The molecule has 4 rings (SSSR count). The van der Waals surface area contributed by atoms with Crippen LogP contribution in [0.4, 0.5) is 4.79 Å². The fraction of sp³-hybridized carbons (Fsp3) is 0.409. The lowest BCUT2D eigenvalue weighted by Crippen LogP contribution is -2.42. The van der Waals surface area contributed by atoms with Gasteiger partial charge in [-0.3, -0.25) is 9.78 Å². The van der Waals surface area contributed by atoms with E-state index in [9.17, 15) is 19.5 Å². The molecule has 12 nitrogen and oxygen atoms in total. The van der Waals surface area contributed by atoms with Crippen LogP contribution in [0.15, 0.2) is 41.6 Å². The molecule has 0 unspecified atom stereocenters. The summed E-state index contributed by atoms with van der Waals surface area (Å²) in [4.78, 5) is 41.8.